The maximum atomic E-state index is 14.7. The minimum absolute atomic E-state index is 0.0687. The van der Waals surface area contributed by atoms with Gasteiger partial charge in [0.1, 0.15) is 17.4 Å². The van der Waals surface area contributed by atoms with Crippen molar-refractivity contribution in [3.05, 3.63) is 107 Å². The topological polar surface area (TPSA) is 57.6 Å². The number of anilines is 1. The minimum Gasteiger partial charge on any atom is -0.507 e. The maximum absolute atomic E-state index is 14.7. The lowest BCUT2D eigenvalue weighted by atomic mass is 9.94. The highest BCUT2D eigenvalue weighted by Gasteiger charge is 2.47. The summed E-state index contributed by atoms with van der Waals surface area (Å²) in [4.78, 5) is 26.9. The lowest BCUT2D eigenvalue weighted by Crippen LogP contribution is -2.29. The Kier molecular flexibility index (Phi) is 4.68. The number of nitrogens with zero attached hydrogens (tertiary/aromatic N) is 1. The summed E-state index contributed by atoms with van der Waals surface area (Å²) >= 11 is 0. The molecular weight excluding hydrogens is 376 g/mol. The normalized spacial score (nSPS) is 18.3. The Hall–Kier alpha value is -3.80. The number of halogens is 2. The van der Waals surface area contributed by atoms with Crippen LogP contribution in [-0.2, 0) is 9.59 Å². The Bertz CT molecular complexity index is 1120. The smallest absolute Gasteiger partial charge is 0.300 e. The highest BCUT2D eigenvalue weighted by molar-refractivity contribution is 6.51. The summed E-state index contributed by atoms with van der Waals surface area (Å²) in [6, 6.07) is 17.8. The van der Waals surface area contributed by atoms with Gasteiger partial charge in [-0.25, -0.2) is 8.78 Å². The van der Waals surface area contributed by atoms with Crippen molar-refractivity contribution in [3.8, 4) is 0 Å². The van der Waals surface area contributed by atoms with E-state index in [0.29, 0.717) is 5.69 Å². The van der Waals surface area contributed by atoms with Gasteiger partial charge in [-0.1, -0.05) is 36.4 Å². The van der Waals surface area contributed by atoms with Crippen molar-refractivity contribution in [2.75, 3.05) is 4.90 Å². The summed E-state index contributed by atoms with van der Waals surface area (Å²) in [5.41, 5.74) is 0.356. The van der Waals surface area contributed by atoms with Gasteiger partial charge in [-0.15, -0.1) is 0 Å². The van der Waals surface area contributed by atoms with Gasteiger partial charge in [0.05, 0.1) is 11.6 Å². The standard InChI is InChI=1S/C23H15F2NO3/c24-15-12-10-14(11-13-15)21(27)19-20(17-8-4-5-9-18(17)25)26(23(29)22(19)28)16-6-2-1-3-7-16/h1-13,20,27H/b21-19-. The van der Waals surface area contributed by atoms with Gasteiger partial charge in [-0.2, -0.15) is 0 Å². The second-order valence-corrected chi connectivity index (χ2v) is 6.53. The number of hydrogen-bond acceptors (Lipinski definition) is 3. The van der Waals surface area contributed by atoms with E-state index in [1.54, 1.807) is 36.4 Å². The Balaban J connectivity index is 1.97. The highest BCUT2D eigenvalue weighted by atomic mass is 19.1. The number of amides is 1. The van der Waals surface area contributed by atoms with E-state index in [-0.39, 0.29) is 16.7 Å². The number of ketones is 1. The third-order valence-electron chi connectivity index (χ3n) is 4.80. The number of rotatable bonds is 3. The summed E-state index contributed by atoms with van der Waals surface area (Å²) in [7, 11) is 0. The first kappa shape index (κ1) is 18.6. The SMILES string of the molecule is O=C1C(=O)N(c2ccccc2)C(c2ccccc2F)/C1=C(/O)c1ccc(F)cc1. The molecule has 1 fully saturated rings. The molecule has 0 spiro atoms. The fraction of sp³-hybridized carbons (Fsp3) is 0.0435. The molecule has 1 amide bonds. The average molecular weight is 391 g/mol. The maximum Gasteiger partial charge on any atom is 0.300 e. The van der Waals surface area contributed by atoms with Crippen LogP contribution < -0.4 is 4.90 Å². The van der Waals surface area contributed by atoms with Gasteiger partial charge in [0.2, 0.25) is 0 Å². The quantitative estimate of drug-likeness (QED) is 0.404. The molecule has 1 aliphatic rings. The van der Waals surface area contributed by atoms with Crippen LogP contribution in [0.1, 0.15) is 17.2 Å². The van der Waals surface area contributed by atoms with Crippen molar-refractivity contribution in [2.24, 2.45) is 0 Å². The van der Waals surface area contributed by atoms with Crippen LogP contribution in [0.15, 0.2) is 84.4 Å². The molecule has 0 radical (unpaired) electrons. The monoisotopic (exact) mass is 391 g/mol. The molecule has 4 nitrogen and oxygen atoms in total. The van der Waals surface area contributed by atoms with E-state index in [9.17, 15) is 23.5 Å². The molecule has 1 unspecified atom stereocenters. The number of Topliss-reactive ketones (excluding diaryl/α,β-unsaturated/α-hetero) is 1. The van der Waals surface area contributed by atoms with Gasteiger partial charge < -0.3 is 5.11 Å². The zero-order valence-electron chi connectivity index (χ0n) is 15.0. The van der Waals surface area contributed by atoms with Crippen LogP contribution in [0.25, 0.3) is 5.76 Å². The Morgan fingerprint density at radius 2 is 1.45 bits per heavy atom. The molecule has 29 heavy (non-hydrogen) atoms. The summed E-state index contributed by atoms with van der Waals surface area (Å²) < 4.78 is 27.9. The van der Waals surface area contributed by atoms with E-state index in [1.165, 1.54) is 30.3 Å². The first-order valence-electron chi connectivity index (χ1n) is 8.85. The number of aliphatic hydroxyl groups excluding tert-OH is 1. The lowest BCUT2D eigenvalue weighted by Gasteiger charge is -2.25. The molecule has 1 atom stereocenters. The zero-order valence-corrected chi connectivity index (χ0v) is 15.0. The Labute approximate surface area is 165 Å². The molecule has 6 heteroatoms. The van der Waals surface area contributed by atoms with Crippen LogP contribution in [0.3, 0.4) is 0 Å². The van der Waals surface area contributed by atoms with Gasteiger partial charge in [-0.05, 0) is 42.5 Å². The molecule has 1 aliphatic heterocycles. The summed E-state index contributed by atoms with van der Waals surface area (Å²) in [5, 5.41) is 10.8. The van der Waals surface area contributed by atoms with Crippen molar-refractivity contribution in [3.63, 3.8) is 0 Å². The molecule has 3 aromatic rings. The summed E-state index contributed by atoms with van der Waals surface area (Å²) in [6.07, 6.45) is 0. The number of carbonyl (C=O) groups is 2. The number of para-hydroxylation sites is 1. The van der Waals surface area contributed by atoms with Crippen LogP contribution in [-0.4, -0.2) is 16.8 Å². The fourth-order valence-electron chi connectivity index (χ4n) is 3.44. The lowest BCUT2D eigenvalue weighted by molar-refractivity contribution is -0.132. The van der Waals surface area contributed by atoms with Crippen molar-refractivity contribution >= 4 is 23.1 Å². The van der Waals surface area contributed by atoms with Crippen molar-refractivity contribution in [1.29, 1.82) is 0 Å². The number of benzene rings is 3. The Morgan fingerprint density at radius 3 is 2.10 bits per heavy atom. The number of carbonyl (C=O) groups excluding carboxylic acids is 2. The average Bonchev–Trinajstić information content (AvgIpc) is 3.00. The highest BCUT2D eigenvalue weighted by Crippen LogP contribution is 2.42. The third kappa shape index (κ3) is 3.18. The molecule has 0 saturated carbocycles. The molecule has 4 rings (SSSR count). The van der Waals surface area contributed by atoms with E-state index in [1.807, 2.05) is 0 Å². The van der Waals surface area contributed by atoms with Crippen LogP contribution in [0.5, 0.6) is 0 Å². The minimum atomic E-state index is -1.16. The molecule has 3 aromatic carbocycles. The van der Waals surface area contributed by atoms with E-state index in [4.69, 9.17) is 0 Å². The molecule has 0 aliphatic carbocycles. The van der Waals surface area contributed by atoms with Gasteiger partial charge in [0.15, 0.2) is 0 Å². The molecular formula is C23H15F2NO3. The third-order valence-corrected chi connectivity index (χ3v) is 4.80. The van der Waals surface area contributed by atoms with Crippen molar-refractivity contribution in [1.82, 2.24) is 0 Å². The predicted octanol–water partition coefficient (Wildman–Crippen LogP) is 4.59. The first-order chi connectivity index (χ1) is 14.0. The van der Waals surface area contributed by atoms with Crippen LogP contribution >= 0.6 is 0 Å². The van der Waals surface area contributed by atoms with E-state index in [0.717, 1.165) is 17.0 Å². The van der Waals surface area contributed by atoms with E-state index >= 15 is 0 Å². The second kappa shape index (κ2) is 7.31. The Morgan fingerprint density at radius 1 is 0.828 bits per heavy atom. The van der Waals surface area contributed by atoms with Crippen molar-refractivity contribution < 1.29 is 23.5 Å². The second-order valence-electron chi connectivity index (χ2n) is 6.53. The van der Waals surface area contributed by atoms with Gasteiger partial charge in [-0.3, -0.25) is 14.5 Å². The van der Waals surface area contributed by atoms with Gasteiger partial charge in [0, 0.05) is 16.8 Å². The molecule has 1 heterocycles. The molecule has 144 valence electrons. The van der Waals surface area contributed by atoms with Crippen molar-refractivity contribution in [2.45, 2.75) is 6.04 Å². The van der Waals surface area contributed by atoms with E-state index in [2.05, 4.69) is 0 Å². The number of hydrogen-bond donors (Lipinski definition) is 1. The fourth-order valence-corrected chi connectivity index (χ4v) is 3.44. The largest absolute Gasteiger partial charge is 0.507 e. The molecule has 1 saturated heterocycles. The summed E-state index contributed by atoms with van der Waals surface area (Å²) in [6.45, 7) is 0. The van der Waals surface area contributed by atoms with Gasteiger partial charge >= 0.3 is 0 Å². The molecule has 0 bridgehead atoms. The van der Waals surface area contributed by atoms with Crippen LogP contribution in [0, 0.1) is 11.6 Å². The van der Waals surface area contributed by atoms with Gasteiger partial charge in [0.25, 0.3) is 11.7 Å². The molecule has 0 aromatic heterocycles. The number of aliphatic hydroxyl groups is 1. The molecule has 1 N–H and O–H groups in total. The summed E-state index contributed by atoms with van der Waals surface area (Å²) in [5.74, 6) is -3.45. The zero-order chi connectivity index (χ0) is 20.5. The van der Waals surface area contributed by atoms with Crippen LogP contribution in [0.4, 0.5) is 14.5 Å². The first-order valence-corrected chi connectivity index (χ1v) is 8.85. The van der Waals surface area contributed by atoms with E-state index < -0.39 is 35.1 Å². The van der Waals surface area contributed by atoms with Crippen LogP contribution in [0.2, 0.25) is 0 Å². The predicted molar refractivity (Wildman–Crippen MR) is 104 cm³/mol.